The molecule has 1 aromatic heterocycles. The highest BCUT2D eigenvalue weighted by molar-refractivity contribution is 9.10. The topological polar surface area (TPSA) is 31.6 Å². The molecule has 0 spiro atoms. The average Bonchev–Trinajstić information content (AvgIpc) is 2.83. The van der Waals surface area contributed by atoms with Crippen LogP contribution in [-0.2, 0) is 0 Å². The van der Waals surface area contributed by atoms with E-state index in [1.807, 2.05) is 24.3 Å². The lowest BCUT2D eigenvalue weighted by molar-refractivity contribution is 0.354. The molecule has 3 nitrogen and oxygen atoms in total. The van der Waals surface area contributed by atoms with Crippen LogP contribution in [0.1, 0.15) is 16.0 Å². The molecule has 0 aliphatic rings. The summed E-state index contributed by atoms with van der Waals surface area (Å²) < 4.78 is 16.5. The Balaban J connectivity index is 2.37. The number of hydrogen-bond acceptors (Lipinski definition) is 3. The van der Waals surface area contributed by atoms with Gasteiger partial charge in [0.25, 0.3) is 0 Å². The molecule has 1 atom stereocenters. The highest BCUT2D eigenvalue weighted by Crippen LogP contribution is 2.39. The Labute approximate surface area is 122 Å². The fourth-order valence-electron chi connectivity index (χ4n) is 1.67. The van der Waals surface area contributed by atoms with Crippen molar-refractivity contribution in [3.63, 3.8) is 0 Å². The van der Waals surface area contributed by atoms with Gasteiger partial charge in [0, 0.05) is 5.56 Å². The van der Waals surface area contributed by atoms with Crippen LogP contribution in [0.3, 0.4) is 0 Å². The third-order valence-electron chi connectivity index (χ3n) is 2.62. The first-order valence-electron chi connectivity index (χ1n) is 5.26. The van der Waals surface area contributed by atoms with E-state index < -0.39 is 0 Å². The molecule has 0 saturated carbocycles. The minimum Gasteiger partial charge on any atom is -0.493 e. The van der Waals surface area contributed by atoms with E-state index in [1.165, 1.54) is 0 Å². The number of benzene rings is 1. The number of hydrogen-bond donors (Lipinski definition) is 0. The second-order valence-corrected chi connectivity index (χ2v) is 5.26. The van der Waals surface area contributed by atoms with Gasteiger partial charge in [-0.25, -0.2) is 0 Å². The maximum Gasteiger partial charge on any atom is 0.173 e. The normalized spacial score (nSPS) is 12.2. The molecule has 0 saturated heterocycles. The first-order valence-corrected chi connectivity index (χ1v) is 6.97. The summed E-state index contributed by atoms with van der Waals surface area (Å²) in [6.07, 6.45) is 1.65. The van der Waals surface area contributed by atoms with E-state index in [1.54, 1.807) is 20.5 Å². The Morgan fingerprint density at radius 3 is 2.39 bits per heavy atom. The number of halogens is 2. The zero-order valence-corrected chi connectivity index (χ0v) is 13.1. The minimum absolute atomic E-state index is 0.0328. The quantitative estimate of drug-likeness (QED) is 0.735. The van der Waals surface area contributed by atoms with Gasteiger partial charge in [-0.1, -0.05) is 22.0 Å². The first kappa shape index (κ1) is 13.5. The van der Waals surface area contributed by atoms with Gasteiger partial charge in [-0.15, -0.1) is 0 Å². The molecule has 1 unspecified atom stereocenters. The largest absolute Gasteiger partial charge is 0.493 e. The van der Waals surface area contributed by atoms with Crippen LogP contribution in [0.4, 0.5) is 0 Å². The summed E-state index contributed by atoms with van der Waals surface area (Å²) in [4.78, 5) is 0.0328. The van der Waals surface area contributed by atoms with Crippen molar-refractivity contribution < 1.29 is 13.9 Å². The molecule has 0 fully saturated rings. The molecule has 1 aromatic carbocycles. The Morgan fingerprint density at radius 2 is 1.83 bits per heavy atom. The molecule has 0 bridgehead atoms. The van der Waals surface area contributed by atoms with Crippen molar-refractivity contribution in [2.75, 3.05) is 14.2 Å². The van der Waals surface area contributed by atoms with Gasteiger partial charge in [0.05, 0.1) is 25.3 Å². The van der Waals surface area contributed by atoms with E-state index in [4.69, 9.17) is 13.9 Å². The second kappa shape index (κ2) is 5.80. The van der Waals surface area contributed by atoms with E-state index in [0.29, 0.717) is 11.5 Å². The molecule has 18 heavy (non-hydrogen) atoms. The van der Waals surface area contributed by atoms with Crippen molar-refractivity contribution in [2.24, 2.45) is 0 Å². The summed E-state index contributed by atoms with van der Waals surface area (Å²) in [7, 11) is 3.24. The predicted molar refractivity (Wildman–Crippen MR) is 76.7 cm³/mol. The van der Waals surface area contributed by atoms with Crippen LogP contribution in [0.2, 0.25) is 0 Å². The molecule has 0 aliphatic heterocycles. The maximum atomic E-state index is 5.29. The van der Waals surface area contributed by atoms with Gasteiger partial charge in [-0.2, -0.15) is 0 Å². The highest BCUT2D eigenvalue weighted by Gasteiger charge is 2.17. The van der Waals surface area contributed by atoms with Crippen LogP contribution in [0.5, 0.6) is 11.5 Å². The Hall–Kier alpha value is -0.940. The van der Waals surface area contributed by atoms with Crippen molar-refractivity contribution >= 4 is 31.9 Å². The Bertz CT molecular complexity index is 537. The van der Waals surface area contributed by atoms with Gasteiger partial charge < -0.3 is 13.9 Å². The average molecular weight is 376 g/mol. The number of rotatable bonds is 4. The lowest BCUT2D eigenvalue weighted by atomic mass is 10.1. The lowest BCUT2D eigenvalue weighted by Gasteiger charge is -2.13. The van der Waals surface area contributed by atoms with E-state index in [-0.39, 0.29) is 4.83 Å². The van der Waals surface area contributed by atoms with Gasteiger partial charge in [0.2, 0.25) is 0 Å². The molecule has 1 heterocycles. The van der Waals surface area contributed by atoms with Crippen molar-refractivity contribution in [1.29, 1.82) is 0 Å². The molecular weight excluding hydrogens is 364 g/mol. The van der Waals surface area contributed by atoms with Crippen LogP contribution in [0.25, 0.3) is 0 Å². The number of ether oxygens (including phenoxy) is 2. The molecular formula is C13H12Br2O3. The monoisotopic (exact) mass is 374 g/mol. The number of alkyl halides is 1. The minimum atomic E-state index is 0.0328. The summed E-state index contributed by atoms with van der Waals surface area (Å²) in [5, 5.41) is 0. The number of furan rings is 1. The predicted octanol–water partition coefficient (Wildman–Crippen LogP) is 4.54. The lowest BCUT2D eigenvalue weighted by Crippen LogP contribution is -1.95. The summed E-state index contributed by atoms with van der Waals surface area (Å²) in [5.41, 5.74) is 2.09. The molecule has 0 aliphatic carbocycles. The van der Waals surface area contributed by atoms with Gasteiger partial charge in [0.15, 0.2) is 16.2 Å². The van der Waals surface area contributed by atoms with Gasteiger partial charge in [0.1, 0.15) is 0 Å². The van der Waals surface area contributed by atoms with E-state index in [0.717, 1.165) is 15.8 Å². The highest BCUT2D eigenvalue weighted by atomic mass is 79.9. The second-order valence-electron chi connectivity index (χ2n) is 3.63. The van der Waals surface area contributed by atoms with Crippen LogP contribution in [0, 0.1) is 0 Å². The van der Waals surface area contributed by atoms with E-state index >= 15 is 0 Å². The Morgan fingerprint density at radius 1 is 1.11 bits per heavy atom. The summed E-state index contributed by atoms with van der Waals surface area (Å²) in [6, 6.07) is 7.73. The molecule has 0 N–H and O–H groups in total. The van der Waals surface area contributed by atoms with Crippen molar-refractivity contribution in [3.05, 3.63) is 46.3 Å². The molecule has 5 heteroatoms. The third kappa shape index (κ3) is 2.57. The smallest absolute Gasteiger partial charge is 0.173 e. The molecule has 0 amide bonds. The van der Waals surface area contributed by atoms with Crippen molar-refractivity contribution in [3.8, 4) is 11.5 Å². The third-order valence-corrected chi connectivity index (χ3v) is 4.29. The van der Waals surface area contributed by atoms with Crippen LogP contribution >= 0.6 is 31.9 Å². The fourth-order valence-corrected chi connectivity index (χ4v) is 3.10. The van der Waals surface area contributed by atoms with Gasteiger partial charge in [-0.3, -0.25) is 0 Å². The van der Waals surface area contributed by atoms with Gasteiger partial charge in [-0.05, 0) is 39.7 Å². The standard InChI is InChI=1S/C13H12Br2O3/c1-16-10-4-3-8(7-11(10)17-2)12(14)9-5-6-18-13(9)15/h3-7,12H,1-2H3. The summed E-state index contributed by atoms with van der Waals surface area (Å²) in [5.74, 6) is 1.42. The summed E-state index contributed by atoms with van der Waals surface area (Å²) in [6.45, 7) is 0. The fraction of sp³-hybridized carbons (Fsp3) is 0.231. The van der Waals surface area contributed by atoms with Crippen molar-refractivity contribution in [1.82, 2.24) is 0 Å². The zero-order chi connectivity index (χ0) is 13.1. The Kier molecular flexibility index (Phi) is 4.35. The molecule has 0 radical (unpaired) electrons. The van der Waals surface area contributed by atoms with Crippen molar-refractivity contribution in [2.45, 2.75) is 4.83 Å². The van der Waals surface area contributed by atoms with E-state index in [2.05, 4.69) is 31.9 Å². The van der Waals surface area contributed by atoms with Crippen LogP contribution in [-0.4, -0.2) is 14.2 Å². The van der Waals surface area contributed by atoms with Gasteiger partial charge >= 0.3 is 0 Å². The first-order chi connectivity index (χ1) is 8.67. The summed E-state index contributed by atoms with van der Waals surface area (Å²) >= 11 is 7.02. The maximum absolute atomic E-state index is 5.29. The molecule has 2 aromatic rings. The zero-order valence-electron chi connectivity index (χ0n) is 9.94. The van der Waals surface area contributed by atoms with E-state index in [9.17, 15) is 0 Å². The van der Waals surface area contributed by atoms with Crippen LogP contribution < -0.4 is 9.47 Å². The number of methoxy groups -OCH3 is 2. The molecule has 2 rings (SSSR count). The molecule has 96 valence electrons. The van der Waals surface area contributed by atoms with Crippen LogP contribution in [0.15, 0.2) is 39.6 Å². The SMILES string of the molecule is COc1ccc(C(Br)c2ccoc2Br)cc1OC.